The van der Waals surface area contributed by atoms with E-state index in [0.717, 1.165) is 73.8 Å². The maximum absolute atomic E-state index is 11.1. The SMILES string of the molecule is OC1(C2=CC=CCN2)CCN(Cc2cc3nc(Cl)nc(N4CCOCC4)c3s2)CC1. The summed E-state index contributed by atoms with van der Waals surface area (Å²) < 4.78 is 6.57. The number of hydrogen-bond acceptors (Lipinski definition) is 8. The third-order valence-corrected chi connectivity index (χ3v) is 7.34. The van der Waals surface area contributed by atoms with E-state index in [1.807, 2.05) is 12.2 Å². The number of halogens is 1. The number of ether oxygens (including phenoxy) is 1. The van der Waals surface area contributed by atoms with E-state index in [0.29, 0.717) is 18.5 Å². The first-order chi connectivity index (χ1) is 14.6. The molecule has 0 bridgehead atoms. The van der Waals surface area contributed by atoms with Crippen molar-refractivity contribution in [3.63, 3.8) is 0 Å². The Morgan fingerprint density at radius 2 is 2.00 bits per heavy atom. The van der Waals surface area contributed by atoms with E-state index in [-0.39, 0.29) is 0 Å². The van der Waals surface area contributed by atoms with E-state index in [9.17, 15) is 5.11 Å². The second-order valence-electron chi connectivity index (χ2n) is 8.04. The number of nitrogens with one attached hydrogen (secondary N) is 1. The molecule has 3 aliphatic heterocycles. The van der Waals surface area contributed by atoms with Gasteiger partial charge in [-0.25, -0.2) is 4.98 Å². The fourth-order valence-electron chi connectivity index (χ4n) is 4.35. The van der Waals surface area contributed by atoms with Crippen LogP contribution in [0.5, 0.6) is 0 Å². The standard InChI is InChI=1S/C21H26ClN5O2S/c22-20-24-16-13-15(30-18(16)19(25-20)27-9-11-29-12-10-27)14-26-7-4-21(28,5-8-26)17-3-1-2-6-23-17/h1-3,13,23,28H,4-12,14H2. The molecule has 0 saturated carbocycles. The van der Waals surface area contributed by atoms with Crippen molar-refractivity contribution in [3.05, 3.63) is 40.2 Å². The van der Waals surface area contributed by atoms with E-state index in [4.69, 9.17) is 16.3 Å². The van der Waals surface area contributed by atoms with Crippen molar-refractivity contribution in [1.29, 1.82) is 0 Å². The average Bonchev–Trinajstić information content (AvgIpc) is 3.18. The molecule has 0 atom stereocenters. The largest absolute Gasteiger partial charge is 0.384 e. The highest BCUT2D eigenvalue weighted by Gasteiger charge is 2.36. The van der Waals surface area contributed by atoms with Crippen LogP contribution in [0, 0.1) is 0 Å². The van der Waals surface area contributed by atoms with Gasteiger partial charge in [-0.2, -0.15) is 4.98 Å². The van der Waals surface area contributed by atoms with Gasteiger partial charge in [-0.15, -0.1) is 11.3 Å². The summed E-state index contributed by atoms with van der Waals surface area (Å²) in [7, 11) is 0. The number of thiophene rings is 1. The Bertz CT molecular complexity index is 977. The van der Waals surface area contributed by atoms with Crippen LogP contribution in [0.15, 0.2) is 30.0 Å². The van der Waals surface area contributed by atoms with E-state index in [1.165, 1.54) is 4.88 Å². The molecule has 5 rings (SSSR count). The van der Waals surface area contributed by atoms with Crippen LogP contribution in [0.25, 0.3) is 10.2 Å². The number of aromatic nitrogens is 2. The number of anilines is 1. The molecule has 2 saturated heterocycles. The van der Waals surface area contributed by atoms with Gasteiger partial charge in [0.1, 0.15) is 5.60 Å². The number of likely N-dealkylation sites (tertiary alicyclic amines) is 1. The molecule has 2 fully saturated rings. The van der Waals surface area contributed by atoms with Gasteiger partial charge < -0.3 is 20.1 Å². The summed E-state index contributed by atoms with van der Waals surface area (Å²) in [5, 5.41) is 14.7. The Morgan fingerprint density at radius 3 is 2.73 bits per heavy atom. The lowest BCUT2D eigenvalue weighted by molar-refractivity contribution is 0.00256. The molecule has 2 aromatic heterocycles. The normalized spacial score (nSPS) is 22.2. The summed E-state index contributed by atoms with van der Waals surface area (Å²) in [4.78, 5) is 14.9. The minimum Gasteiger partial charge on any atom is -0.384 e. The smallest absolute Gasteiger partial charge is 0.224 e. The number of allylic oxidation sites excluding steroid dienone is 2. The van der Waals surface area contributed by atoms with Crippen LogP contribution in [0.1, 0.15) is 17.7 Å². The first-order valence-corrected chi connectivity index (χ1v) is 11.6. The predicted molar refractivity (Wildman–Crippen MR) is 120 cm³/mol. The Labute approximate surface area is 185 Å². The third kappa shape index (κ3) is 4.07. The maximum Gasteiger partial charge on any atom is 0.224 e. The Kier molecular flexibility index (Phi) is 5.68. The molecule has 0 amide bonds. The van der Waals surface area contributed by atoms with Gasteiger partial charge in [-0.1, -0.05) is 12.2 Å². The molecule has 0 radical (unpaired) electrons. The van der Waals surface area contributed by atoms with Crippen molar-refractivity contribution in [2.75, 3.05) is 50.8 Å². The summed E-state index contributed by atoms with van der Waals surface area (Å²) in [5.74, 6) is 0.918. The molecule has 5 heterocycles. The van der Waals surface area contributed by atoms with Crippen LogP contribution in [0.3, 0.4) is 0 Å². The van der Waals surface area contributed by atoms with Crippen molar-refractivity contribution in [3.8, 4) is 0 Å². The number of hydrogen-bond donors (Lipinski definition) is 2. The molecule has 0 spiro atoms. The Hall–Kier alpha value is -1.71. The number of nitrogens with zero attached hydrogens (tertiary/aromatic N) is 4. The molecule has 3 aliphatic rings. The van der Waals surface area contributed by atoms with Crippen molar-refractivity contribution >= 4 is 39.0 Å². The zero-order chi connectivity index (χ0) is 20.6. The quantitative estimate of drug-likeness (QED) is 0.697. The zero-order valence-corrected chi connectivity index (χ0v) is 18.4. The average molecular weight is 448 g/mol. The minimum atomic E-state index is -0.746. The van der Waals surface area contributed by atoms with Crippen LogP contribution in [0.4, 0.5) is 5.82 Å². The molecule has 0 aliphatic carbocycles. The van der Waals surface area contributed by atoms with Gasteiger partial charge >= 0.3 is 0 Å². The van der Waals surface area contributed by atoms with Crippen LogP contribution < -0.4 is 10.2 Å². The lowest BCUT2D eigenvalue weighted by Gasteiger charge is -2.40. The fraction of sp³-hybridized carbons (Fsp3) is 0.524. The molecular formula is C21H26ClN5O2S. The number of rotatable bonds is 4. The van der Waals surface area contributed by atoms with Crippen LogP contribution in [-0.2, 0) is 11.3 Å². The number of dihydropyridines is 1. The van der Waals surface area contributed by atoms with E-state index in [2.05, 4.69) is 37.2 Å². The van der Waals surface area contributed by atoms with E-state index in [1.54, 1.807) is 11.3 Å². The summed E-state index contributed by atoms with van der Waals surface area (Å²) in [6, 6.07) is 2.13. The highest BCUT2D eigenvalue weighted by Crippen LogP contribution is 2.35. The van der Waals surface area contributed by atoms with Crippen molar-refractivity contribution in [1.82, 2.24) is 20.2 Å². The first kappa shape index (κ1) is 20.2. The van der Waals surface area contributed by atoms with Gasteiger partial charge in [-0.3, -0.25) is 4.90 Å². The lowest BCUT2D eigenvalue weighted by Crippen LogP contribution is -2.48. The van der Waals surface area contributed by atoms with Gasteiger partial charge in [0.25, 0.3) is 0 Å². The van der Waals surface area contributed by atoms with Gasteiger partial charge in [-0.05, 0) is 36.6 Å². The fourth-order valence-corrected chi connectivity index (χ4v) is 5.68. The molecule has 30 heavy (non-hydrogen) atoms. The van der Waals surface area contributed by atoms with E-state index < -0.39 is 5.60 Å². The molecule has 7 nitrogen and oxygen atoms in total. The molecule has 160 valence electrons. The van der Waals surface area contributed by atoms with Gasteiger partial charge in [0.15, 0.2) is 5.82 Å². The Morgan fingerprint density at radius 1 is 1.20 bits per heavy atom. The third-order valence-electron chi connectivity index (χ3n) is 6.06. The summed E-state index contributed by atoms with van der Waals surface area (Å²) >= 11 is 7.96. The lowest BCUT2D eigenvalue weighted by atomic mass is 9.87. The van der Waals surface area contributed by atoms with Gasteiger partial charge in [0, 0.05) is 49.8 Å². The van der Waals surface area contributed by atoms with Crippen LogP contribution in [0.2, 0.25) is 5.28 Å². The van der Waals surface area contributed by atoms with E-state index >= 15 is 0 Å². The van der Waals surface area contributed by atoms with Crippen molar-refractivity contribution < 1.29 is 9.84 Å². The molecular weight excluding hydrogens is 422 g/mol. The second kappa shape index (κ2) is 8.43. The molecule has 2 N–H and O–H groups in total. The number of piperidine rings is 1. The van der Waals surface area contributed by atoms with Crippen LogP contribution >= 0.6 is 22.9 Å². The van der Waals surface area contributed by atoms with Crippen LogP contribution in [-0.4, -0.2) is 71.5 Å². The molecule has 0 aromatic carbocycles. The highest BCUT2D eigenvalue weighted by atomic mass is 35.5. The highest BCUT2D eigenvalue weighted by molar-refractivity contribution is 7.19. The number of aliphatic hydroxyl groups is 1. The second-order valence-corrected chi connectivity index (χ2v) is 9.51. The summed E-state index contributed by atoms with van der Waals surface area (Å²) in [6.07, 6.45) is 7.54. The topological polar surface area (TPSA) is 73.8 Å². The van der Waals surface area contributed by atoms with Gasteiger partial charge in [0.2, 0.25) is 5.28 Å². The number of morpholine rings is 1. The molecule has 0 unspecified atom stereocenters. The number of fused-ring (bicyclic) bond motifs is 1. The predicted octanol–water partition coefficient (Wildman–Crippen LogP) is 2.55. The summed E-state index contributed by atoms with van der Waals surface area (Å²) in [5.41, 5.74) is 1.11. The van der Waals surface area contributed by atoms with Crippen molar-refractivity contribution in [2.24, 2.45) is 0 Å². The maximum atomic E-state index is 11.1. The van der Waals surface area contributed by atoms with Crippen molar-refractivity contribution in [2.45, 2.75) is 25.0 Å². The van der Waals surface area contributed by atoms with Gasteiger partial charge in [0.05, 0.1) is 23.4 Å². The Balaban J connectivity index is 1.30. The zero-order valence-electron chi connectivity index (χ0n) is 16.8. The minimum absolute atomic E-state index is 0.290. The first-order valence-electron chi connectivity index (χ1n) is 10.5. The summed E-state index contributed by atoms with van der Waals surface area (Å²) in [6.45, 7) is 6.40. The molecule has 2 aromatic rings. The molecule has 9 heteroatoms. The monoisotopic (exact) mass is 447 g/mol.